The molecule has 0 fully saturated rings. The van der Waals surface area contributed by atoms with E-state index in [1.807, 2.05) is 0 Å². The van der Waals surface area contributed by atoms with Gasteiger partial charge in [0.25, 0.3) is 0 Å². The molecule has 0 spiro atoms. The number of carbonyl (C=O) groups excluding carboxylic acids is 1. The molecule has 0 aliphatic rings. The molecule has 2 aromatic carbocycles. The van der Waals surface area contributed by atoms with E-state index in [0.717, 1.165) is 0 Å². The highest BCUT2D eigenvalue weighted by molar-refractivity contribution is 5.88. The summed E-state index contributed by atoms with van der Waals surface area (Å²) in [6.45, 7) is 0. The number of benzene rings is 2. The summed E-state index contributed by atoms with van der Waals surface area (Å²) >= 11 is 0. The molecule has 1 N–H and O–H groups in total. The zero-order valence-electron chi connectivity index (χ0n) is 11.6. The van der Waals surface area contributed by atoms with Crippen molar-refractivity contribution in [1.29, 1.82) is 0 Å². The zero-order valence-corrected chi connectivity index (χ0v) is 11.6. The molecule has 3 aromatic rings. The first kappa shape index (κ1) is 15.0. The highest BCUT2D eigenvalue weighted by atomic mass is 19.4. The van der Waals surface area contributed by atoms with Crippen LogP contribution in [-0.4, -0.2) is 11.3 Å². The maximum atomic E-state index is 13.1. The Bertz CT molecular complexity index is 941. The van der Waals surface area contributed by atoms with Crippen LogP contribution in [-0.2, 0) is 6.18 Å². The number of rotatable bonds is 2. The van der Waals surface area contributed by atoms with Crippen LogP contribution < -0.4 is 5.56 Å². The van der Waals surface area contributed by atoms with E-state index in [9.17, 15) is 22.8 Å². The summed E-state index contributed by atoms with van der Waals surface area (Å²) in [7, 11) is 0. The second kappa shape index (κ2) is 5.39. The van der Waals surface area contributed by atoms with Crippen molar-refractivity contribution >= 4 is 17.2 Å². The van der Waals surface area contributed by atoms with Crippen molar-refractivity contribution < 1.29 is 18.0 Å². The molecule has 0 unspecified atom stereocenters. The fourth-order valence-electron chi connectivity index (χ4n) is 2.42. The van der Waals surface area contributed by atoms with Crippen LogP contribution in [0, 0.1) is 0 Å². The second-order valence-electron chi connectivity index (χ2n) is 5.05. The molecule has 0 saturated carbocycles. The number of nitrogens with one attached hydrogen (secondary N) is 1. The molecule has 3 nitrogen and oxygen atoms in total. The Balaban J connectivity index is 2.22. The van der Waals surface area contributed by atoms with Crippen LogP contribution >= 0.6 is 0 Å². The molecule has 0 bridgehead atoms. The van der Waals surface area contributed by atoms with Crippen molar-refractivity contribution in [3.63, 3.8) is 0 Å². The molecule has 0 saturated heterocycles. The quantitative estimate of drug-likeness (QED) is 0.726. The van der Waals surface area contributed by atoms with Gasteiger partial charge in [0.05, 0.1) is 5.56 Å². The average Bonchev–Trinajstić information content (AvgIpc) is 2.53. The van der Waals surface area contributed by atoms with Crippen LogP contribution in [0.15, 0.2) is 53.3 Å². The lowest BCUT2D eigenvalue weighted by atomic mass is 10.00. The molecular weight excluding hydrogens is 307 g/mol. The van der Waals surface area contributed by atoms with Crippen LogP contribution in [0.4, 0.5) is 13.2 Å². The number of alkyl halides is 3. The highest BCUT2D eigenvalue weighted by Crippen LogP contribution is 2.35. The molecule has 1 aromatic heterocycles. The fourth-order valence-corrected chi connectivity index (χ4v) is 2.42. The normalized spacial score (nSPS) is 11.6. The van der Waals surface area contributed by atoms with Gasteiger partial charge in [-0.25, -0.2) is 0 Å². The average molecular weight is 317 g/mol. The summed E-state index contributed by atoms with van der Waals surface area (Å²) < 4.78 is 39.4. The van der Waals surface area contributed by atoms with Crippen LogP contribution in [0.1, 0.15) is 15.9 Å². The number of halogens is 3. The van der Waals surface area contributed by atoms with E-state index in [2.05, 4.69) is 4.98 Å². The van der Waals surface area contributed by atoms with Crippen molar-refractivity contribution in [3.05, 3.63) is 70.0 Å². The molecule has 6 heteroatoms. The van der Waals surface area contributed by atoms with Gasteiger partial charge in [0.1, 0.15) is 6.29 Å². The SMILES string of the molecule is O=Cc1ccc(-c2ccc3[nH]c(=O)cc(C(F)(F)F)c3c2)cc1. The predicted molar refractivity (Wildman–Crippen MR) is 80.4 cm³/mol. The maximum absolute atomic E-state index is 13.1. The Morgan fingerprint density at radius 2 is 1.57 bits per heavy atom. The van der Waals surface area contributed by atoms with Gasteiger partial charge in [-0.05, 0) is 23.3 Å². The topological polar surface area (TPSA) is 49.9 Å². The van der Waals surface area contributed by atoms with Gasteiger partial charge >= 0.3 is 6.18 Å². The van der Waals surface area contributed by atoms with E-state index >= 15 is 0 Å². The minimum absolute atomic E-state index is 0.0749. The van der Waals surface area contributed by atoms with E-state index in [4.69, 9.17) is 0 Å². The van der Waals surface area contributed by atoms with E-state index in [-0.39, 0.29) is 10.9 Å². The number of aromatic amines is 1. The molecule has 0 aliphatic carbocycles. The Morgan fingerprint density at radius 1 is 0.913 bits per heavy atom. The lowest BCUT2D eigenvalue weighted by Crippen LogP contribution is -2.13. The number of aldehydes is 1. The maximum Gasteiger partial charge on any atom is 0.417 e. The summed E-state index contributed by atoms with van der Waals surface area (Å²) in [5, 5.41) is -0.0749. The predicted octanol–water partition coefficient (Wildman–Crippen LogP) is 4.03. The summed E-state index contributed by atoms with van der Waals surface area (Å²) in [6.07, 6.45) is -3.93. The van der Waals surface area contributed by atoms with Crippen LogP contribution in [0.3, 0.4) is 0 Å². The van der Waals surface area contributed by atoms with Crippen molar-refractivity contribution in [3.8, 4) is 11.1 Å². The second-order valence-corrected chi connectivity index (χ2v) is 5.05. The molecule has 0 aliphatic heterocycles. The first-order valence-corrected chi connectivity index (χ1v) is 6.68. The van der Waals surface area contributed by atoms with Crippen LogP contribution in [0.25, 0.3) is 22.0 Å². The van der Waals surface area contributed by atoms with Crippen LogP contribution in [0.5, 0.6) is 0 Å². The number of aromatic nitrogens is 1. The van der Waals surface area contributed by atoms with Gasteiger partial charge < -0.3 is 4.98 Å². The van der Waals surface area contributed by atoms with Gasteiger partial charge in [0, 0.05) is 22.5 Å². The zero-order chi connectivity index (χ0) is 16.6. The minimum atomic E-state index is -4.62. The Kier molecular flexibility index (Phi) is 3.52. The molecular formula is C17H10F3NO2. The monoisotopic (exact) mass is 317 g/mol. The van der Waals surface area contributed by atoms with Gasteiger partial charge in [-0.2, -0.15) is 13.2 Å². The number of H-pyrrole nitrogens is 1. The summed E-state index contributed by atoms with van der Waals surface area (Å²) in [5.41, 5.74) is 0.0766. The third kappa shape index (κ3) is 2.88. The third-order valence-corrected chi connectivity index (χ3v) is 3.53. The van der Waals surface area contributed by atoms with Crippen molar-refractivity contribution in [2.24, 2.45) is 0 Å². The van der Waals surface area contributed by atoms with E-state index < -0.39 is 17.3 Å². The Hall–Kier alpha value is -2.89. The van der Waals surface area contributed by atoms with Crippen molar-refractivity contribution in [2.45, 2.75) is 6.18 Å². The molecule has 116 valence electrons. The lowest BCUT2D eigenvalue weighted by molar-refractivity contribution is -0.136. The number of hydrogen-bond donors (Lipinski definition) is 1. The molecule has 1 heterocycles. The Morgan fingerprint density at radius 3 is 2.17 bits per heavy atom. The van der Waals surface area contributed by atoms with Gasteiger partial charge in [0.2, 0.25) is 5.56 Å². The first-order chi connectivity index (χ1) is 10.9. The fraction of sp³-hybridized carbons (Fsp3) is 0.0588. The first-order valence-electron chi connectivity index (χ1n) is 6.68. The minimum Gasteiger partial charge on any atom is -0.322 e. The smallest absolute Gasteiger partial charge is 0.322 e. The molecule has 0 radical (unpaired) electrons. The van der Waals surface area contributed by atoms with Crippen molar-refractivity contribution in [2.75, 3.05) is 0 Å². The van der Waals surface area contributed by atoms with Gasteiger partial charge in [-0.3, -0.25) is 9.59 Å². The molecule has 0 amide bonds. The van der Waals surface area contributed by atoms with Gasteiger partial charge in [0.15, 0.2) is 0 Å². The Labute approximate surface area is 128 Å². The number of carbonyl (C=O) groups is 1. The molecule has 0 atom stereocenters. The third-order valence-electron chi connectivity index (χ3n) is 3.53. The van der Waals surface area contributed by atoms with E-state index in [0.29, 0.717) is 29.0 Å². The largest absolute Gasteiger partial charge is 0.417 e. The molecule has 3 rings (SSSR count). The van der Waals surface area contributed by atoms with Gasteiger partial charge in [-0.15, -0.1) is 0 Å². The van der Waals surface area contributed by atoms with Crippen molar-refractivity contribution in [1.82, 2.24) is 4.98 Å². The number of hydrogen-bond acceptors (Lipinski definition) is 2. The number of fused-ring (bicyclic) bond motifs is 1. The van der Waals surface area contributed by atoms with E-state index in [1.165, 1.54) is 12.1 Å². The van der Waals surface area contributed by atoms with Gasteiger partial charge in [-0.1, -0.05) is 30.3 Å². The standard InChI is InChI=1S/C17H10F3NO2/c18-17(19,20)14-8-16(23)21-15-6-5-12(7-13(14)15)11-3-1-10(9-22)2-4-11/h1-9H,(H,21,23). The summed E-state index contributed by atoms with van der Waals surface area (Å²) in [6, 6.07) is 11.5. The number of pyridine rings is 1. The van der Waals surface area contributed by atoms with E-state index in [1.54, 1.807) is 30.3 Å². The summed E-state index contributed by atoms with van der Waals surface area (Å²) in [4.78, 5) is 24.4. The molecule has 23 heavy (non-hydrogen) atoms. The lowest BCUT2D eigenvalue weighted by Gasteiger charge is -2.11. The highest BCUT2D eigenvalue weighted by Gasteiger charge is 2.33. The van der Waals surface area contributed by atoms with Crippen LogP contribution in [0.2, 0.25) is 0 Å². The summed E-state index contributed by atoms with van der Waals surface area (Å²) in [5.74, 6) is 0.